The second-order valence-corrected chi connectivity index (χ2v) is 7.72. The molecule has 1 saturated heterocycles. The summed E-state index contributed by atoms with van der Waals surface area (Å²) in [6.07, 6.45) is 1.64. The molecule has 30 heavy (non-hydrogen) atoms. The summed E-state index contributed by atoms with van der Waals surface area (Å²) in [4.78, 5) is 28.9. The maximum absolute atomic E-state index is 12.7. The smallest absolute Gasteiger partial charge is 0.227 e. The summed E-state index contributed by atoms with van der Waals surface area (Å²) >= 11 is 0. The van der Waals surface area contributed by atoms with E-state index in [0.29, 0.717) is 12.5 Å². The Balaban J connectivity index is 1.51. The van der Waals surface area contributed by atoms with Crippen LogP contribution in [-0.4, -0.2) is 31.4 Å². The average molecular weight is 405 g/mol. The topological polar surface area (TPSA) is 76.4 Å². The predicted molar refractivity (Wildman–Crippen MR) is 119 cm³/mol. The number of hydrogen-bond donors (Lipinski definition) is 1. The van der Waals surface area contributed by atoms with Crippen molar-refractivity contribution >= 4 is 28.9 Å². The van der Waals surface area contributed by atoms with Crippen molar-refractivity contribution in [1.82, 2.24) is 0 Å². The summed E-state index contributed by atoms with van der Waals surface area (Å²) in [6.45, 7) is 4.71. The fourth-order valence-corrected chi connectivity index (χ4v) is 3.67. The number of para-hydroxylation sites is 1. The van der Waals surface area contributed by atoms with Crippen molar-refractivity contribution in [2.24, 2.45) is 5.92 Å². The molecule has 0 aliphatic carbocycles. The van der Waals surface area contributed by atoms with Gasteiger partial charge in [0, 0.05) is 49.5 Å². The molecule has 2 amide bonds. The first-order valence-corrected chi connectivity index (χ1v) is 10.4. The van der Waals surface area contributed by atoms with E-state index in [-0.39, 0.29) is 31.1 Å². The van der Waals surface area contributed by atoms with Crippen molar-refractivity contribution < 1.29 is 9.59 Å². The van der Waals surface area contributed by atoms with Crippen molar-refractivity contribution in [3.8, 4) is 6.07 Å². The first-order valence-electron chi connectivity index (χ1n) is 10.4. The summed E-state index contributed by atoms with van der Waals surface area (Å²) in [5, 5.41) is 11.7. The number of anilines is 3. The fraction of sp³-hybridized carbons (Fsp3) is 0.375. The normalized spacial score (nSPS) is 15.5. The number of carbonyl (C=O) groups is 2. The van der Waals surface area contributed by atoms with E-state index in [2.05, 4.69) is 23.2 Å². The molecular weight excluding hydrogens is 376 g/mol. The van der Waals surface area contributed by atoms with Gasteiger partial charge in [-0.1, -0.05) is 25.1 Å². The number of carbonyl (C=O) groups excluding carboxylic acids is 2. The molecular formula is C24H28N4O2. The lowest BCUT2D eigenvalue weighted by Crippen LogP contribution is -2.32. The number of nitriles is 1. The lowest BCUT2D eigenvalue weighted by molar-refractivity contribution is -0.122. The van der Waals surface area contributed by atoms with E-state index in [1.54, 1.807) is 4.90 Å². The highest BCUT2D eigenvalue weighted by Gasteiger charge is 2.19. The van der Waals surface area contributed by atoms with Gasteiger partial charge in [-0.05, 0) is 48.7 Å². The molecule has 0 saturated carbocycles. The number of nitrogens with one attached hydrogen (secondary N) is 1. The van der Waals surface area contributed by atoms with E-state index >= 15 is 0 Å². The van der Waals surface area contributed by atoms with E-state index < -0.39 is 0 Å². The summed E-state index contributed by atoms with van der Waals surface area (Å²) in [7, 11) is 0. The molecule has 1 N–H and O–H groups in total. The van der Waals surface area contributed by atoms with E-state index in [1.807, 2.05) is 54.6 Å². The van der Waals surface area contributed by atoms with Crippen LogP contribution < -0.4 is 15.1 Å². The van der Waals surface area contributed by atoms with Crippen LogP contribution in [0.3, 0.4) is 0 Å². The Kier molecular flexibility index (Phi) is 7.45. The molecule has 6 nitrogen and oxygen atoms in total. The average Bonchev–Trinajstić information content (AvgIpc) is 3.20. The van der Waals surface area contributed by atoms with Crippen LogP contribution in [0, 0.1) is 17.2 Å². The molecule has 0 radical (unpaired) electrons. The van der Waals surface area contributed by atoms with Crippen LogP contribution >= 0.6 is 0 Å². The Labute approximate surface area is 178 Å². The van der Waals surface area contributed by atoms with Gasteiger partial charge in [-0.25, -0.2) is 0 Å². The molecule has 0 bridgehead atoms. The minimum Gasteiger partial charge on any atom is -0.371 e. The van der Waals surface area contributed by atoms with Gasteiger partial charge in [-0.15, -0.1) is 0 Å². The molecule has 0 spiro atoms. The Morgan fingerprint density at radius 2 is 1.87 bits per heavy atom. The van der Waals surface area contributed by atoms with Crippen molar-refractivity contribution in [2.75, 3.05) is 34.8 Å². The highest BCUT2D eigenvalue weighted by molar-refractivity contribution is 5.98. The molecule has 2 aromatic carbocycles. The van der Waals surface area contributed by atoms with Crippen molar-refractivity contribution in [2.45, 2.75) is 32.6 Å². The summed E-state index contributed by atoms with van der Waals surface area (Å²) in [5.41, 5.74) is 2.64. The lowest BCUT2D eigenvalue weighted by Gasteiger charge is -2.21. The minimum atomic E-state index is -0.195. The molecule has 156 valence electrons. The standard InChI is InChI=1S/C24H28N4O2/c1-19-14-17-27(18-19)21-10-8-20(9-11-21)26-23(29)12-13-24(30)28(16-5-15-25)22-6-3-2-4-7-22/h2-4,6-11,19H,5,12-14,16-18H2,1H3,(H,26,29). The van der Waals surface area contributed by atoms with Crippen LogP contribution in [0.25, 0.3) is 0 Å². The number of benzene rings is 2. The third-order valence-corrected chi connectivity index (χ3v) is 5.32. The van der Waals surface area contributed by atoms with Crippen LogP contribution in [0.4, 0.5) is 17.1 Å². The summed E-state index contributed by atoms with van der Waals surface area (Å²) in [6, 6.07) is 19.2. The molecule has 6 heteroatoms. The highest BCUT2D eigenvalue weighted by Crippen LogP contribution is 2.25. The van der Waals surface area contributed by atoms with E-state index in [9.17, 15) is 9.59 Å². The predicted octanol–water partition coefficient (Wildman–Crippen LogP) is 4.20. The Morgan fingerprint density at radius 3 is 2.50 bits per heavy atom. The van der Waals surface area contributed by atoms with Gasteiger partial charge in [-0.3, -0.25) is 9.59 Å². The van der Waals surface area contributed by atoms with Crippen molar-refractivity contribution in [3.63, 3.8) is 0 Å². The number of rotatable bonds is 8. The summed E-state index contributed by atoms with van der Waals surface area (Å²) in [5.74, 6) is 0.356. The van der Waals surface area contributed by atoms with Gasteiger partial charge in [0.15, 0.2) is 0 Å². The first kappa shape index (κ1) is 21.4. The van der Waals surface area contributed by atoms with Gasteiger partial charge in [-0.2, -0.15) is 5.26 Å². The maximum Gasteiger partial charge on any atom is 0.227 e. The van der Waals surface area contributed by atoms with Gasteiger partial charge in [0.05, 0.1) is 12.5 Å². The second-order valence-electron chi connectivity index (χ2n) is 7.72. The monoisotopic (exact) mass is 404 g/mol. The second kappa shape index (κ2) is 10.4. The molecule has 3 rings (SSSR count). The molecule has 1 atom stereocenters. The number of amides is 2. The minimum absolute atomic E-state index is 0.0932. The van der Waals surface area contributed by atoms with E-state index in [0.717, 1.165) is 24.5 Å². The highest BCUT2D eigenvalue weighted by atomic mass is 16.2. The molecule has 0 aromatic heterocycles. The zero-order chi connectivity index (χ0) is 21.3. The number of nitrogens with zero attached hydrogens (tertiary/aromatic N) is 3. The molecule has 1 aliphatic heterocycles. The van der Waals surface area contributed by atoms with Gasteiger partial charge < -0.3 is 15.1 Å². The zero-order valence-electron chi connectivity index (χ0n) is 17.4. The van der Waals surface area contributed by atoms with Crippen molar-refractivity contribution in [3.05, 3.63) is 54.6 Å². The van der Waals surface area contributed by atoms with Crippen LogP contribution in [0.1, 0.15) is 32.6 Å². The number of hydrogen-bond acceptors (Lipinski definition) is 4. The fourth-order valence-electron chi connectivity index (χ4n) is 3.67. The van der Waals surface area contributed by atoms with Gasteiger partial charge in [0.25, 0.3) is 0 Å². The largest absolute Gasteiger partial charge is 0.371 e. The van der Waals surface area contributed by atoms with Crippen LogP contribution in [-0.2, 0) is 9.59 Å². The van der Waals surface area contributed by atoms with Gasteiger partial charge >= 0.3 is 0 Å². The molecule has 1 unspecified atom stereocenters. The first-order chi connectivity index (χ1) is 14.6. The Hall–Kier alpha value is -3.33. The lowest BCUT2D eigenvalue weighted by atomic mass is 10.2. The molecule has 2 aromatic rings. The van der Waals surface area contributed by atoms with Gasteiger partial charge in [0.1, 0.15) is 0 Å². The third-order valence-electron chi connectivity index (χ3n) is 5.32. The quantitative estimate of drug-likeness (QED) is 0.715. The molecule has 1 aliphatic rings. The molecule has 1 fully saturated rings. The van der Waals surface area contributed by atoms with Crippen molar-refractivity contribution in [1.29, 1.82) is 5.26 Å². The SMILES string of the molecule is CC1CCN(c2ccc(NC(=O)CCC(=O)N(CCC#N)c3ccccc3)cc2)C1. The molecule has 1 heterocycles. The third kappa shape index (κ3) is 5.84. The Morgan fingerprint density at radius 1 is 1.13 bits per heavy atom. The summed E-state index contributed by atoms with van der Waals surface area (Å²) < 4.78 is 0. The maximum atomic E-state index is 12.7. The van der Waals surface area contributed by atoms with E-state index in [4.69, 9.17) is 5.26 Å². The van der Waals surface area contributed by atoms with Crippen LogP contribution in [0.2, 0.25) is 0 Å². The Bertz CT molecular complexity index is 890. The van der Waals surface area contributed by atoms with Gasteiger partial charge in [0.2, 0.25) is 11.8 Å². The van der Waals surface area contributed by atoms with Crippen LogP contribution in [0.15, 0.2) is 54.6 Å². The van der Waals surface area contributed by atoms with Crippen LogP contribution in [0.5, 0.6) is 0 Å². The zero-order valence-corrected chi connectivity index (χ0v) is 17.4. The van der Waals surface area contributed by atoms with E-state index in [1.165, 1.54) is 12.1 Å².